The molecule has 3 rings (SSSR count). The fourth-order valence-electron chi connectivity index (χ4n) is 2.07. The molecule has 2 aromatic rings. The van der Waals surface area contributed by atoms with Crippen LogP contribution >= 0.6 is 0 Å². The normalized spacial score (nSPS) is 13.1. The highest BCUT2D eigenvalue weighted by Crippen LogP contribution is 2.25. The van der Waals surface area contributed by atoms with Crippen molar-refractivity contribution in [3.05, 3.63) is 70.8 Å². The number of hydrogen-bond donors (Lipinski definition) is 0. The van der Waals surface area contributed by atoms with Crippen molar-refractivity contribution in [1.82, 2.24) is 0 Å². The molecule has 1 heterocycles. The number of cyclic esters (lactones) is 2. The summed E-state index contributed by atoms with van der Waals surface area (Å²) < 4.78 is 4.53. The van der Waals surface area contributed by atoms with E-state index in [0.717, 1.165) is 0 Å². The molecule has 0 radical (unpaired) electrons. The van der Waals surface area contributed by atoms with Crippen LogP contribution in [0, 0.1) is 0 Å². The Morgan fingerprint density at radius 1 is 0.842 bits per heavy atom. The first-order chi connectivity index (χ1) is 9.18. The molecule has 2 aromatic carbocycles. The maximum absolute atomic E-state index is 12.3. The molecule has 0 unspecified atom stereocenters. The lowest BCUT2D eigenvalue weighted by atomic mass is 9.96. The van der Waals surface area contributed by atoms with Gasteiger partial charge in [-0.25, -0.2) is 9.59 Å². The lowest BCUT2D eigenvalue weighted by Gasteiger charge is -2.03. The average molecular weight is 252 g/mol. The van der Waals surface area contributed by atoms with Crippen molar-refractivity contribution in [3.8, 4) is 0 Å². The van der Waals surface area contributed by atoms with Crippen molar-refractivity contribution in [1.29, 1.82) is 0 Å². The zero-order chi connectivity index (χ0) is 13.4. The Kier molecular flexibility index (Phi) is 2.49. The Bertz CT molecular complexity index is 701. The van der Waals surface area contributed by atoms with Crippen LogP contribution in [0.15, 0.2) is 48.5 Å². The Labute approximate surface area is 108 Å². The highest BCUT2D eigenvalue weighted by atomic mass is 16.6. The molecule has 1 aliphatic heterocycles. The fraction of sp³-hybridized carbons (Fsp3) is 0. The van der Waals surface area contributed by atoms with E-state index in [2.05, 4.69) is 4.74 Å². The average Bonchev–Trinajstić information content (AvgIpc) is 2.74. The van der Waals surface area contributed by atoms with Gasteiger partial charge in [-0.2, -0.15) is 0 Å². The number of benzene rings is 2. The lowest BCUT2D eigenvalue weighted by molar-refractivity contribution is 0.0442. The predicted octanol–water partition coefficient (Wildman–Crippen LogP) is 2.23. The van der Waals surface area contributed by atoms with Crippen molar-refractivity contribution >= 4 is 17.7 Å². The van der Waals surface area contributed by atoms with Gasteiger partial charge >= 0.3 is 11.9 Å². The van der Waals surface area contributed by atoms with Crippen molar-refractivity contribution in [3.63, 3.8) is 0 Å². The van der Waals surface area contributed by atoms with Crippen LogP contribution in [0.2, 0.25) is 0 Å². The van der Waals surface area contributed by atoms with Crippen LogP contribution in [-0.4, -0.2) is 17.7 Å². The summed E-state index contributed by atoms with van der Waals surface area (Å²) in [5.41, 5.74) is 0.857. The van der Waals surface area contributed by atoms with Gasteiger partial charge < -0.3 is 4.74 Å². The number of ether oxygens (including phenoxy) is 1. The molecule has 0 N–H and O–H groups in total. The second-order valence-corrected chi connectivity index (χ2v) is 4.10. The van der Waals surface area contributed by atoms with Crippen LogP contribution < -0.4 is 0 Å². The molecule has 0 amide bonds. The summed E-state index contributed by atoms with van der Waals surface area (Å²) in [6.07, 6.45) is 0. The van der Waals surface area contributed by atoms with E-state index in [0.29, 0.717) is 5.56 Å². The summed E-state index contributed by atoms with van der Waals surface area (Å²) in [6.45, 7) is 0. The third kappa shape index (κ3) is 1.74. The molecule has 19 heavy (non-hydrogen) atoms. The third-order valence-corrected chi connectivity index (χ3v) is 2.95. The van der Waals surface area contributed by atoms with Gasteiger partial charge in [0.15, 0.2) is 5.78 Å². The van der Waals surface area contributed by atoms with Crippen LogP contribution in [0.25, 0.3) is 0 Å². The van der Waals surface area contributed by atoms with E-state index in [1.54, 1.807) is 36.4 Å². The summed E-state index contributed by atoms with van der Waals surface area (Å²) in [4.78, 5) is 35.4. The Hall–Kier alpha value is -2.75. The predicted molar refractivity (Wildman–Crippen MR) is 66.1 cm³/mol. The molecule has 0 saturated carbocycles. The third-order valence-electron chi connectivity index (χ3n) is 2.95. The van der Waals surface area contributed by atoms with Gasteiger partial charge in [0.2, 0.25) is 0 Å². The summed E-state index contributed by atoms with van der Waals surface area (Å²) in [7, 11) is 0. The first kappa shape index (κ1) is 11.3. The molecule has 0 aromatic heterocycles. The van der Waals surface area contributed by atoms with Crippen molar-refractivity contribution in [2.24, 2.45) is 0 Å². The van der Waals surface area contributed by atoms with E-state index in [9.17, 15) is 14.4 Å². The fourth-order valence-corrected chi connectivity index (χ4v) is 2.07. The molecule has 0 spiro atoms. The second kappa shape index (κ2) is 4.17. The van der Waals surface area contributed by atoms with Crippen molar-refractivity contribution in [2.45, 2.75) is 0 Å². The van der Waals surface area contributed by atoms with Crippen molar-refractivity contribution < 1.29 is 19.1 Å². The maximum Gasteiger partial charge on any atom is 0.347 e. The van der Waals surface area contributed by atoms with E-state index < -0.39 is 11.9 Å². The van der Waals surface area contributed by atoms with Gasteiger partial charge in [-0.05, 0) is 6.07 Å². The molecule has 0 fully saturated rings. The summed E-state index contributed by atoms with van der Waals surface area (Å²) >= 11 is 0. The molecule has 1 aliphatic rings. The molecule has 0 saturated heterocycles. The number of carbonyl (C=O) groups excluding carboxylic acids is 3. The zero-order valence-electron chi connectivity index (χ0n) is 9.75. The van der Waals surface area contributed by atoms with Crippen LogP contribution in [0.5, 0.6) is 0 Å². The Morgan fingerprint density at radius 3 is 2.32 bits per heavy atom. The van der Waals surface area contributed by atoms with Gasteiger partial charge in [0.05, 0.1) is 11.1 Å². The minimum atomic E-state index is -0.764. The van der Waals surface area contributed by atoms with E-state index in [1.807, 2.05) is 0 Å². The molecule has 4 nitrogen and oxygen atoms in total. The quantitative estimate of drug-likeness (QED) is 0.467. The smallest absolute Gasteiger partial charge is 0.347 e. The second-order valence-electron chi connectivity index (χ2n) is 4.10. The monoisotopic (exact) mass is 252 g/mol. The van der Waals surface area contributed by atoms with Crippen LogP contribution in [0.3, 0.4) is 0 Å². The standard InChI is InChI=1S/C15H8O4/c16-13(9-5-2-1-3-6-9)10-7-4-8-11-12(10)15(18)19-14(11)17/h1-8H. The zero-order valence-corrected chi connectivity index (χ0v) is 9.75. The summed E-state index contributed by atoms with van der Waals surface area (Å²) in [5, 5.41) is 0. The highest BCUT2D eigenvalue weighted by Gasteiger charge is 2.33. The number of rotatable bonds is 2. The molecule has 92 valence electrons. The molecule has 4 heteroatoms. The Morgan fingerprint density at radius 2 is 1.58 bits per heavy atom. The topological polar surface area (TPSA) is 60.4 Å². The highest BCUT2D eigenvalue weighted by molar-refractivity contribution is 6.22. The van der Waals surface area contributed by atoms with Gasteiger partial charge in [0, 0.05) is 11.1 Å². The number of esters is 2. The molecule has 0 atom stereocenters. The van der Waals surface area contributed by atoms with Gasteiger partial charge in [0.1, 0.15) is 0 Å². The summed E-state index contributed by atoms with van der Waals surface area (Å²) in [6, 6.07) is 13.1. The molecule has 0 bridgehead atoms. The van der Waals surface area contributed by atoms with Crippen LogP contribution in [0.1, 0.15) is 36.6 Å². The van der Waals surface area contributed by atoms with E-state index in [1.165, 1.54) is 12.1 Å². The number of ketones is 1. The first-order valence-electron chi connectivity index (χ1n) is 5.68. The maximum atomic E-state index is 12.3. The number of hydrogen-bond acceptors (Lipinski definition) is 4. The summed E-state index contributed by atoms with van der Waals surface area (Å²) in [5.74, 6) is -1.77. The van der Waals surface area contributed by atoms with E-state index in [-0.39, 0.29) is 22.5 Å². The van der Waals surface area contributed by atoms with E-state index >= 15 is 0 Å². The number of carbonyl (C=O) groups is 3. The largest absolute Gasteiger partial charge is 0.386 e. The van der Waals surface area contributed by atoms with Crippen molar-refractivity contribution in [2.75, 3.05) is 0 Å². The van der Waals surface area contributed by atoms with Gasteiger partial charge in [-0.3, -0.25) is 4.79 Å². The Balaban J connectivity index is 2.16. The lowest BCUT2D eigenvalue weighted by Crippen LogP contribution is -2.08. The van der Waals surface area contributed by atoms with Gasteiger partial charge in [-0.1, -0.05) is 42.5 Å². The van der Waals surface area contributed by atoms with Crippen LogP contribution in [0.4, 0.5) is 0 Å². The SMILES string of the molecule is O=C1OC(=O)c2c1cccc2C(=O)c1ccccc1. The number of fused-ring (bicyclic) bond motifs is 1. The first-order valence-corrected chi connectivity index (χ1v) is 5.68. The van der Waals surface area contributed by atoms with Crippen LogP contribution in [-0.2, 0) is 4.74 Å². The molecular weight excluding hydrogens is 244 g/mol. The minimum Gasteiger partial charge on any atom is -0.386 e. The van der Waals surface area contributed by atoms with E-state index in [4.69, 9.17) is 0 Å². The molecule has 0 aliphatic carbocycles. The van der Waals surface area contributed by atoms with Gasteiger partial charge in [0.25, 0.3) is 0 Å². The molecular formula is C15H8O4. The van der Waals surface area contributed by atoms with Gasteiger partial charge in [-0.15, -0.1) is 0 Å². The minimum absolute atomic E-state index is 0.0568.